The van der Waals surface area contributed by atoms with Crippen LogP contribution in [-0.2, 0) is 4.74 Å². The number of amides is 1. The first kappa shape index (κ1) is 13.5. The number of ether oxygens (including phenoxy) is 1. The molecule has 1 aliphatic rings. The number of carbonyl (C=O) groups is 2. The first-order chi connectivity index (χ1) is 9.16. The van der Waals surface area contributed by atoms with Crippen molar-refractivity contribution in [2.75, 3.05) is 13.2 Å². The molecule has 1 aliphatic heterocycles. The molecule has 5 heteroatoms. The van der Waals surface area contributed by atoms with Crippen LogP contribution < -0.4 is 5.32 Å². The van der Waals surface area contributed by atoms with Crippen LogP contribution in [0.1, 0.15) is 40.0 Å². The number of hydrogen-bond acceptors (Lipinski definition) is 3. The van der Waals surface area contributed by atoms with E-state index in [0.717, 1.165) is 25.9 Å². The van der Waals surface area contributed by atoms with Gasteiger partial charge in [-0.15, -0.1) is 0 Å². The monoisotopic (exact) mass is 263 g/mol. The highest BCUT2D eigenvalue weighted by Crippen LogP contribution is 2.14. The first-order valence-corrected chi connectivity index (χ1v) is 6.40. The Labute approximate surface area is 111 Å². The summed E-state index contributed by atoms with van der Waals surface area (Å²) >= 11 is 0. The molecule has 1 saturated heterocycles. The van der Waals surface area contributed by atoms with Crippen LogP contribution >= 0.6 is 0 Å². The summed E-state index contributed by atoms with van der Waals surface area (Å²) in [5.41, 5.74) is 0.485. The van der Waals surface area contributed by atoms with Gasteiger partial charge in [0.05, 0.1) is 11.7 Å². The fourth-order valence-electron chi connectivity index (χ4n) is 2.11. The summed E-state index contributed by atoms with van der Waals surface area (Å²) in [5, 5.41) is 11.6. The zero-order valence-electron chi connectivity index (χ0n) is 10.6. The summed E-state index contributed by atoms with van der Waals surface area (Å²) in [6.07, 6.45) is 3.17. The molecular formula is C14H17NO4. The van der Waals surface area contributed by atoms with Crippen molar-refractivity contribution in [1.29, 1.82) is 0 Å². The van der Waals surface area contributed by atoms with E-state index in [0.29, 0.717) is 12.1 Å². The van der Waals surface area contributed by atoms with E-state index < -0.39 is 5.97 Å². The number of rotatable bonds is 5. The molecule has 0 aromatic heterocycles. The van der Waals surface area contributed by atoms with E-state index >= 15 is 0 Å². The van der Waals surface area contributed by atoms with Gasteiger partial charge in [0.25, 0.3) is 5.91 Å². The topological polar surface area (TPSA) is 75.6 Å². The Bertz CT molecular complexity index is 466. The number of aromatic carboxylic acids is 1. The van der Waals surface area contributed by atoms with E-state index in [1.54, 1.807) is 12.1 Å². The third-order valence-electron chi connectivity index (χ3n) is 3.15. The van der Waals surface area contributed by atoms with Crippen LogP contribution in [0.5, 0.6) is 0 Å². The van der Waals surface area contributed by atoms with Gasteiger partial charge in [0, 0.05) is 18.7 Å². The molecule has 19 heavy (non-hydrogen) atoms. The van der Waals surface area contributed by atoms with E-state index in [-0.39, 0.29) is 17.6 Å². The molecule has 2 rings (SSSR count). The Morgan fingerprint density at radius 3 is 2.84 bits per heavy atom. The highest BCUT2D eigenvalue weighted by molar-refractivity contribution is 5.97. The van der Waals surface area contributed by atoms with Crippen LogP contribution in [0.4, 0.5) is 0 Å². The van der Waals surface area contributed by atoms with E-state index in [1.165, 1.54) is 12.1 Å². The van der Waals surface area contributed by atoms with E-state index in [2.05, 4.69) is 5.32 Å². The smallest absolute Gasteiger partial charge is 0.335 e. The SMILES string of the molecule is O=C(O)c1cccc(C(=O)NCC[C@H]2CCCO2)c1. The third kappa shape index (κ3) is 3.79. The predicted molar refractivity (Wildman–Crippen MR) is 69.3 cm³/mol. The zero-order valence-corrected chi connectivity index (χ0v) is 10.6. The van der Waals surface area contributed by atoms with Gasteiger partial charge < -0.3 is 15.2 Å². The van der Waals surface area contributed by atoms with Gasteiger partial charge in [-0.05, 0) is 37.5 Å². The third-order valence-corrected chi connectivity index (χ3v) is 3.15. The maximum atomic E-state index is 11.8. The molecule has 1 aromatic rings. The van der Waals surface area contributed by atoms with Crippen LogP contribution in [0, 0.1) is 0 Å². The summed E-state index contributed by atoms with van der Waals surface area (Å²) in [7, 11) is 0. The Morgan fingerprint density at radius 1 is 1.37 bits per heavy atom. The Hall–Kier alpha value is -1.88. The van der Waals surface area contributed by atoms with Crippen LogP contribution in [-0.4, -0.2) is 36.2 Å². The van der Waals surface area contributed by atoms with Gasteiger partial charge in [-0.2, -0.15) is 0 Å². The normalized spacial score (nSPS) is 18.2. The van der Waals surface area contributed by atoms with Crippen molar-refractivity contribution < 1.29 is 19.4 Å². The molecule has 0 spiro atoms. The van der Waals surface area contributed by atoms with Gasteiger partial charge in [0.15, 0.2) is 0 Å². The molecule has 1 aromatic carbocycles. The van der Waals surface area contributed by atoms with Gasteiger partial charge in [0.2, 0.25) is 0 Å². The van der Waals surface area contributed by atoms with Crippen LogP contribution in [0.3, 0.4) is 0 Å². The molecule has 2 N–H and O–H groups in total. The average Bonchev–Trinajstić information content (AvgIpc) is 2.92. The molecule has 1 fully saturated rings. The largest absolute Gasteiger partial charge is 0.478 e. The quantitative estimate of drug-likeness (QED) is 0.847. The zero-order chi connectivity index (χ0) is 13.7. The highest BCUT2D eigenvalue weighted by Gasteiger charge is 2.15. The first-order valence-electron chi connectivity index (χ1n) is 6.40. The van der Waals surface area contributed by atoms with Gasteiger partial charge in [-0.3, -0.25) is 4.79 Å². The fraction of sp³-hybridized carbons (Fsp3) is 0.429. The number of benzene rings is 1. The molecule has 5 nitrogen and oxygen atoms in total. The summed E-state index contributed by atoms with van der Waals surface area (Å²) in [4.78, 5) is 22.7. The minimum atomic E-state index is -1.03. The van der Waals surface area contributed by atoms with E-state index in [1.807, 2.05) is 0 Å². The maximum absolute atomic E-state index is 11.8. The number of nitrogens with one attached hydrogen (secondary N) is 1. The predicted octanol–water partition coefficient (Wildman–Crippen LogP) is 1.68. The van der Waals surface area contributed by atoms with Crippen molar-refractivity contribution in [3.8, 4) is 0 Å². The number of carbonyl (C=O) groups excluding carboxylic acids is 1. The standard InChI is InChI=1S/C14H17NO4/c16-13(15-7-6-12-5-2-8-19-12)10-3-1-4-11(9-10)14(17)18/h1,3-4,9,12H,2,5-8H2,(H,15,16)(H,17,18)/t12-/m1/s1. The molecule has 0 bridgehead atoms. The molecule has 1 heterocycles. The fourth-order valence-corrected chi connectivity index (χ4v) is 2.11. The maximum Gasteiger partial charge on any atom is 0.335 e. The minimum absolute atomic E-state index is 0.117. The number of carboxylic acid groups (broad SMARTS) is 1. The minimum Gasteiger partial charge on any atom is -0.478 e. The lowest BCUT2D eigenvalue weighted by atomic mass is 10.1. The van der Waals surface area contributed by atoms with E-state index in [4.69, 9.17) is 9.84 Å². The molecule has 0 radical (unpaired) electrons. The molecule has 102 valence electrons. The number of hydrogen-bond donors (Lipinski definition) is 2. The van der Waals surface area contributed by atoms with Crippen molar-refractivity contribution >= 4 is 11.9 Å². The van der Waals surface area contributed by atoms with Gasteiger partial charge in [-0.25, -0.2) is 4.79 Å². The van der Waals surface area contributed by atoms with Crippen LogP contribution in [0.2, 0.25) is 0 Å². The van der Waals surface area contributed by atoms with Crippen LogP contribution in [0.25, 0.3) is 0 Å². The summed E-state index contributed by atoms with van der Waals surface area (Å²) in [6, 6.07) is 6.02. The molecule has 0 aliphatic carbocycles. The van der Waals surface area contributed by atoms with Crippen molar-refractivity contribution in [3.05, 3.63) is 35.4 Å². The molecular weight excluding hydrogens is 246 g/mol. The lowest BCUT2D eigenvalue weighted by Crippen LogP contribution is -2.27. The van der Waals surface area contributed by atoms with Crippen LogP contribution in [0.15, 0.2) is 24.3 Å². The highest BCUT2D eigenvalue weighted by atomic mass is 16.5. The molecule has 1 atom stereocenters. The second kappa shape index (κ2) is 6.33. The Morgan fingerprint density at radius 2 is 2.16 bits per heavy atom. The van der Waals surface area contributed by atoms with Gasteiger partial charge >= 0.3 is 5.97 Å². The summed E-state index contributed by atoms with van der Waals surface area (Å²) < 4.78 is 5.46. The van der Waals surface area contributed by atoms with Crippen molar-refractivity contribution in [3.63, 3.8) is 0 Å². The Balaban J connectivity index is 1.85. The lowest BCUT2D eigenvalue weighted by molar-refractivity contribution is 0.0697. The molecule has 0 unspecified atom stereocenters. The van der Waals surface area contributed by atoms with Gasteiger partial charge in [0.1, 0.15) is 0 Å². The van der Waals surface area contributed by atoms with Crippen molar-refractivity contribution in [2.45, 2.75) is 25.4 Å². The van der Waals surface area contributed by atoms with Gasteiger partial charge in [-0.1, -0.05) is 6.07 Å². The second-order valence-electron chi connectivity index (χ2n) is 4.57. The molecule has 1 amide bonds. The Kier molecular flexibility index (Phi) is 4.52. The van der Waals surface area contributed by atoms with E-state index in [9.17, 15) is 9.59 Å². The lowest BCUT2D eigenvalue weighted by Gasteiger charge is -2.10. The second-order valence-corrected chi connectivity index (χ2v) is 4.57. The average molecular weight is 263 g/mol. The number of carboxylic acids is 1. The van der Waals surface area contributed by atoms with Crippen molar-refractivity contribution in [2.24, 2.45) is 0 Å². The summed E-state index contributed by atoms with van der Waals surface area (Å²) in [5.74, 6) is -1.28. The summed E-state index contributed by atoms with van der Waals surface area (Å²) in [6.45, 7) is 1.35. The van der Waals surface area contributed by atoms with Crippen molar-refractivity contribution in [1.82, 2.24) is 5.32 Å². The molecule has 0 saturated carbocycles.